The molecule has 4 fully saturated rings. The third kappa shape index (κ3) is 4.94. The highest BCUT2D eigenvalue weighted by atomic mass is 32.2. The van der Waals surface area contributed by atoms with Crippen molar-refractivity contribution < 1.29 is 28.0 Å². The van der Waals surface area contributed by atoms with Gasteiger partial charge in [-0.1, -0.05) is 20.8 Å². The van der Waals surface area contributed by atoms with Gasteiger partial charge in [0.1, 0.15) is 0 Å². The summed E-state index contributed by atoms with van der Waals surface area (Å²) in [5, 5.41) is 24.0. The molecule has 4 aliphatic rings. The van der Waals surface area contributed by atoms with Gasteiger partial charge in [-0.2, -0.15) is 8.42 Å². The van der Waals surface area contributed by atoms with Gasteiger partial charge in [0.2, 0.25) is 5.91 Å². The van der Waals surface area contributed by atoms with Gasteiger partial charge in [0, 0.05) is 13.0 Å². The summed E-state index contributed by atoms with van der Waals surface area (Å²) >= 11 is 0. The van der Waals surface area contributed by atoms with E-state index < -0.39 is 15.9 Å². The fourth-order valence-electron chi connectivity index (χ4n) is 9.22. The number of amides is 1. The maximum atomic E-state index is 12.2. The van der Waals surface area contributed by atoms with E-state index in [1.807, 2.05) is 0 Å². The van der Waals surface area contributed by atoms with E-state index in [-0.39, 0.29) is 41.4 Å². The van der Waals surface area contributed by atoms with Crippen LogP contribution in [0.3, 0.4) is 0 Å². The Hall–Kier alpha value is -0.700. The second kappa shape index (κ2) is 9.64. The quantitative estimate of drug-likeness (QED) is 0.398. The molecule has 4 aliphatic carbocycles. The molecular weight excluding hydrogens is 454 g/mol. The first-order valence-corrected chi connectivity index (χ1v) is 15.0. The van der Waals surface area contributed by atoms with Crippen molar-refractivity contribution in [1.82, 2.24) is 5.32 Å². The smallest absolute Gasteiger partial charge is 0.266 e. The van der Waals surface area contributed by atoms with Crippen LogP contribution in [-0.2, 0) is 14.9 Å². The first-order chi connectivity index (χ1) is 15.8. The van der Waals surface area contributed by atoms with Gasteiger partial charge in [0.15, 0.2) is 0 Å². The van der Waals surface area contributed by atoms with E-state index >= 15 is 0 Å². The van der Waals surface area contributed by atoms with Crippen molar-refractivity contribution in [1.29, 1.82) is 0 Å². The number of hydrogen-bond donors (Lipinski definition) is 4. The van der Waals surface area contributed by atoms with E-state index in [1.54, 1.807) is 0 Å². The van der Waals surface area contributed by atoms with E-state index in [9.17, 15) is 23.4 Å². The van der Waals surface area contributed by atoms with Crippen LogP contribution in [0.5, 0.6) is 0 Å². The standard InChI is InChI=1S/C26H45NO6S/c1-16(4-7-24(30)27-12-13-34(31,32)33)19-5-6-20-18-15-23(29)22-14-17(28)8-10-26(22,3)21(18)9-11-25(19,20)2/h16-23,28-29H,4-15H2,1-3H3,(H,27,30)(H,31,32,33)/t16-,17-,18+,19-,20+,21+,22?,23+,25-,26-/m1/s1. The lowest BCUT2D eigenvalue weighted by Crippen LogP contribution is -2.58. The monoisotopic (exact) mass is 499 g/mol. The molecule has 8 heteroatoms. The number of hydrogen-bond acceptors (Lipinski definition) is 5. The summed E-state index contributed by atoms with van der Waals surface area (Å²) in [6, 6.07) is 0. The van der Waals surface area contributed by atoms with E-state index in [0.717, 1.165) is 32.1 Å². The molecule has 0 heterocycles. The van der Waals surface area contributed by atoms with E-state index in [4.69, 9.17) is 4.55 Å². The molecule has 0 radical (unpaired) electrons. The zero-order valence-electron chi connectivity index (χ0n) is 21.1. The molecule has 4 N–H and O–H groups in total. The Morgan fingerprint density at radius 2 is 1.68 bits per heavy atom. The molecule has 34 heavy (non-hydrogen) atoms. The molecule has 0 aromatic carbocycles. The summed E-state index contributed by atoms with van der Waals surface area (Å²) in [5.74, 6) is 2.36. The first kappa shape index (κ1) is 26.4. The second-order valence-electron chi connectivity index (χ2n) is 12.6. The lowest BCUT2D eigenvalue weighted by Gasteiger charge is -2.62. The molecule has 7 nitrogen and oxygen atoms in total. The van der Waals surface area contributed by atoms with Gasteiger partial charge >= 0.3 is 0 Å². The fourth-order valence-corrected chi connectivity index (χ4v) is 9.58. The van der Waals surface area contributed by atoms with Crippen molar-refractivity contribution in [3.05, 3.63) is 0 Å². The Morgan fingerprint density at radius 1 is 1.00 bits per heavy atom. The normalized spacial score (nSPS) is 45.1. The molecule has 196 valence electrons. The van der Waals surface area contributed by atoms with Crippen LogP contribution in [0.15, 0.2) is 0 Å². The van der Waals surface area contributed by atoms with E-state index in [2.05, 4.69) is 26.1 Å². The number of aliphatic hydroxyl groups is 2. The van der Waals surface area contributed by atoms with Crippen molar-refractivity contribution in [2.45, 2.75) is 97.2 Å². The Labute approximate surface area is 205 Å². The predicted molar refractivity (Wildman–Crippen MR) is 130 cm³/mol. The van der Waals surface area contributed by atoms with Crippen LogP contribution in [0, 0.1) is 46.3 Å². The van der Waals surface area contributed by atoms with Crippen molar-refractivity contribution in [3.8, 4) is 0 Å². The van der Waals surface area contributed by atoms with E-state index in [1.165, 1.54) is 25.7 Å². The molecule has 10 atom stereocenters. The highest BCUT2D eigenvalue weighted by Crippen LogP contribution is 2.68. The molecule has 4 saturated carbocycles. The Bertz CT molecular complexity index is 863. The molecule has 0 aromatic rings. The van der Waals surface area contributed by atoms with Gasteiger partial charge in [0.05, 0.1) is 18.0 Å². The third-order valence-electron chi connectivity index (χ3n) is 10.9. The molecule has 0 aliphatic heterocycles. The van der Waals surface area contributed by atoms with Gasteiger partial charge in [0.25, 0.3) is 10.1 Å². The Morgan fingerprint density at radius 3 is 2.38 bits per heavy atom. The minimum absolute atomic E-state index is 0.0581. The maximum absolute atomic E-state index is 12.2. The number of aliphatic hydroxyl groups excluding tert-OH is 2. The molecule has 1 unspecified atom stereocenters. The zero-order chi connectivity index (χ0) is 24.9. The van der Waals surface area contributed by atoms with Crippen LogP contribution in [0.1, 0.15) is 85.0 Å². The van der Waals surface area contributed by atoms with Gasteiger partial charge in [-0.25, -0.2) is 0 Å². The molecule has 0 bridgehead atoms. The predicted octanol–water partition coefficient (Wildman–Crippen LogP) is 3.40. The summed E-state index contributed by atoms with van der Waals surface area (Å²) in [6.07, 6.45) is 8.84. The highest BCUT2D eigenvalue weighted by Gasteiger charge is 2.62. The van der Waals surface area contributed by atoms with Crippen LogP contribution < -0.4 is 5.32 Å². The van der Waals surface area contributed by atoms with Gasteiger partial charge in [-0.15, -0.1) is 0 Å². The fraction of sp³-hybridized carbons (Fsp3) is 0.962. The topological polar surface area (TPSA) is 124 Å². The van der Waals surface area contributed by atoms with Gasteiger partial charge in [-0.3, -0.25) is 9.35 Å². The summed E-state index contributed by atoms with van der Waals surface area (Å²) in [6.45, 7) is 7.05. The third-order valence-corrected chi connectivity index (χ3v) is 11.6. The maximum Gasteiger partial charge on any atom is 0.266 e. The summed E-state index contributed by atoms with van der Waals surface area (Å²) in [5.41, 5.74) is 0.367. The van der Waals surface area contributed by atoms with Crippen molar-refractivity contribution in [3.63, 3.8) is 0 Å². The summed E-state index contributed by atoms with van der Waals surface area (Å²) in [4.78, 5) is 12.2. The minimum Gasteiger partial charge on any atom is -0.393 e. The van der Waals surface area contributed by atoms with Crippen molar-refractivity contribution >= 4 is 16.0 Å². The van der Waals surface area contributed by atoms with E-state index in [0.29, 0.717) is 36.0 Å². The van der Waals surface area contributed by atoms with Crippen LogP contribution >= 0.6 is 0 Å². The average Bonchev–Trinajstić information content (AvgIpc) is 3.10. The lowest BCUT2D eigenvalue weighted by atomic mass is 9.44. The number of rotatable bonds is 7. The molecule has 4 rings (SSSR count). The van der Waals surface area contributed by atoms with Crippen molar-refractivity contribution in [2.75, 3.05) is 12.3 Å². The second-order valence-corrected chi connectivity index (χ2v) is 14.2. The molecular formula is C26H45NO6S. The Balaban J connectivity index is 1.38. The number of carbonyl (C=O) groups is 1. The summed E-state index contributed by atoms with van der Waals surface area (Å²) < 4.78 is 30.5. The van der Waals surface area contributed by atoms with Crippen LogP contribution in [0.2, 0.25) is 0 Å². The molecule has 0 aromatic heterocycles. The molecule has 0 saturated heterocycles. The first-order valence-electron chi connectivity index (χ1n) is 13.4. The minimum atomic E-state index is -4.06. The van der Waals surface area contributed by atoms with Crippen molar-refractivity contribution in [2.24, 2.45) is 46.3 Å². The number of fused-ring (bicyclic) bond motifs is 5. The average molecular weight is 500 g/mol. The zero-order valence-corrected chi connectivity index (χ0v) is 21.9. The molecule has 0 spiro atoms. The molecule has 1 amide bonds. The van der Waals surface area contributed by atoms with Gasteiger partial charge in [-0.05, 0) is 104 Å². The van der Waals surface area contributed by atoms with Crippen LogP contribution in [-0.4, -0.2) is 53.6 Å². The highest BCUT2D eigenvalue weighted by molar-refractivity contribution is 7.85. The lowest BCUT2D eigenvalue weighted by molar-refractivity contribution is -0.172. The number of nitrogens with one attached hydrogen (secondary N) is 1. The Kier molecular flexibility index (Phi) is 7.47. The SMILES string of the molecule is C[C@H](CCC(=O)NCCS(=O)(=O)O)[C@H]1CC[C@H]2[C@@H]3C[C@H](O)C4C[C@H](O)CC[C@]4(C)[C@H]3CC[C@]12C. The summed E-state index contributed by atoms with van der Waals surface area (Å²) in [7, 11) is -4.06. The van der Waals surface area contributed by atoms with Crippen LogP contribution in [0.4, 0.5) is 0 Å². The van der Waals surface area contributed by atoms with Gasteiger partial charge < -0.3 is 15.5 Å². The van der Waals surface area contributed by atoms with Crippen LogP contribution in [0.25, 0.3) is 0 Å². The largest absolute Gasteiger partial charge is 0.393 e. The number of carbonyl (C=O) groups excluding carboxylic acids is 1.